The molecule has 0 aliphatic heterocycles. The normalized spacial score (nSPS) is 26.3. The molecule has 0 bridgehead atoms. The predicted octanol–water partition coefficient (Wildman–Crippen LogP) is 5.34. The van der Waals surface area contributed by atoms with Gasteiger partial charge in [-0.15, -0.1) is 0 Å². The van der Waals surface area contributed by atoms with Crippen LogP contribution >= 0.6 is 31.9 Å². The molecule has 0 amide bonds. The summed E-state index contributed by atoms with van der Waals surface area (Å²) in [5.41, 5.74) is 4.49. The molecule has 126 valence electrons. The van der Waals surface area contributed by atoms with Crippen molar-refractivity contribution in [3.63, 3.8) is 0 Å². The van der Waals surface area contributed by atoms with Crippen LogP contribution in [0.2, 0.25) is 0 Å². The molecule has 0 aromatic rings. The van der Waals surface area contributed by atoms with E-state index in [-0.39, 0.29) is 16.3 Å². The summed E-state index contributed by atoms with van der Waals surface area (Å²) in [6.07, 6.45) is 10.3. The molecule has 2 N–H and O–H groups in total. The van der Waals surface area contributed by atoms with Gasteiger partial charge < -0.3 is 0 Å². The van der Waals surface area contributed by atoms with Crippen LogP contribution in [0.5, 0.6) is 0 Å². The zero-order valence-corrected chi connectivity index (χ0v) is 17.2. The number of allylic oxidation sites excluding steroid dienone is 6. The van der Waals surface area contributed by atoms with Crippen LogP contribution in [-0.4, -0.2) is 16.6 Å². The molecule has 5 heteroatoms. The highest BCUT2D eigenvalue weighted by molar-refractivity contribution is 9.12. The number of alkyl halides is 1. The van der Waals surface area contributed by atoms with E-state index in [2.05, 4.69) is 64.8 Å². The molecule has 3 nitrogen and oxygen atoms in total. The minimum atomic E-state index is -0.238. The summed E-state index contributed by atoms with van der Waals surface area (Å²) in [6.45, 7) is 8.70. The molecule has 2 atom stereocenters. The second kappa shape index (κ2) is 7.60. The van der Waals surface area contributed by atoms with E-state index in [4.69, 9.17) is 15.7 Å². The fraction of sp³-hybridized carbons (Fsp3) is 0.500. The first-order chi connectivity index (χ1) is 10.7. The summed E-state index contributed by atoms with van der Waals surface area (Å²) < 4.78 is 1.01. The number of aliphatic imine (C=N–C) groups is 1. The Hall–Kier alpha value is -0.490. The van der Waals surface area contributed by atoms with Gasteiger partial charge in [-0.25, -0.2) is 5.90 Å². The van der Waals surface area contributed by atoms with E-state index in [0.717, 1.165) is 34.3 Å². The molecule has 2 aliphatic rings. The van der Waals surface area contributed by atoms with Gasteiger partial charge in [-0.05, 0) is 36.8 Å². The van der Waals surface area contributed by atoms with Crippen molar-refractivity contribution in [2.45, 2.75) is 51.5 Å². The Morgan fingerprint density at radius 3 is 2.70 bits per heavy atom. The summed E-state index contributed by atoms with van der Waals surface area (Å²) in [7, 11) is 0. The number of nitrogens with zero attached hydrogens (tertiary/aromatic N) is 1. The Morgan fingerprint density at radius 1 is 1.39 bits per heavy atom. The molecule has 0 fully saturated rings. The van der Waals surface area contributed by atoms with Crippen LogP contribution in [0.1, 0.15) is 40.5 Å². The van der Waals surface area contributed by atoms with Gasteiger partial charge in [-0.1, -0.05) is 70.9 Å². The fourth-order valence-corrected chi connectivity index (χ4v) is 4.45. The third-order valence-corrected chi connectivity index (χ3v) is 5.26. The molecule has 2 rings (SSSR count). The minimum Gasteiger partial charge on any atom is -0.295 e. The van der Waals surface area contributed by atoms with Gasteiger partial charge >= 0.3 is 0 Å². The quantitative estimate of drug-likeness (QED) is 0.363. The summed E-state index contributed by atoms with van der Waals surface area (Å²) in [5, 5.41) is 0. The monoisotopic (exact) mass is 442 g/mol. The van der Waals surface area contributed by atoms with Crippen LogP contribution in [-0.2, 0) is 4.84 Å². The van der Waals surface area contributed by atoms with Gasteiger partial charge in [0, 0.05) is 21.5 Å². The zero-order valence-electron chi connectivity index (χ0n) is 14.1. The molecule has 0 aromatic heterocycles. The molecular weight excluding hydrogens is 420 g/mol. The zero-order chi connectivity index (χ0) is 17.2. The third-order valence-electron chi connectivity index (χ3n) is 4.03. The van der Waals surface area contributed by atoms with Crippen LogP contribution in [0.15, 0.2) is 50.6 Å². The number of halogens is 2. The summed E-state index contributed by atoms with van der Waals surface area (Å²) in [5.74, 6) is 5.50. The highest BCUT2D eigenvalue weighted by atomic mass is 79.9. The molecular formula is C18H24Br2N2O. The maximum absolute atomic E-state index is 5.50. The van der Waals surface area contributed by atoms with Gasteiger partial charge in [0.1, 0.15) is 6.10 Å². The van der Waals surface area contributed by atoms with Crippen molar-refractivity contribution < 1.29 is 4.84 Å². The lowest BCUT2D eigenvalue weighted by atomic mass is 9.82. The first-order valence-electron chi connectivity index (χ1n) is 7.78. The molecule has 0 radical (unpaired) electrons. The van der Waals surface area contributed by atoms with Crippen LogP contribution in [0, 0.1) is 5.41 Å². The average molecular weight is 444 g/mol. The highest BCUT2D eigenvalue weighted by Gasteiger charge is 2.28. The van der Waals surface area contributed by atoms with Crippen LogP contribution in [0.25, 0.3) is 0 Å². The Balaban J connectivity index is 2.43. The third kappa shape index (κ3) is 4.53. The standard InChI is InChI=1S/C18H24Br2N2O/c1-11(13-9-12(19)10-15(20)17(13)23-21)22-16-8-6-5-7-14(16)18(2,3)4/h5,7,9-10,15,17H,6,8,21H2,1-4H3. The summed E-state index contributed by atoms with van der Waals surface area (Å²) >= 11 is 7.15. The SMILES string of the molecule is CC(=NC1=C(C(C)(C)C)C=CCC1)C1=CC(Br)=CC(Br)C1ON. The summed E-state index contributed by atoms with van der Waals surface area (Å²) in [6, 6.07) is 0. The van der Waals surface area contributed by atoms with E-state index in [0.29, 0.717) is 0 Å². The maximum Gasteiger partial charge on any atom is 0.121 e. The van der Waals surface area contributed by atoms with E-state index in [9.17, 15) is 0 Å². The van der Waals surface area contributed by atoms with Gasteiger partial charge in [0.25, 0.3) is 0 Å². The van der Waals surface area contributed by atoms with Crippen molar-refractivity contribution in [3.05, 3.63) is 45.6 Å². The molecule has 2 aliphatic carbocycles. The summed E-state index contributed by atoms with van der Waals surface area (Å²) in [4.78, 5) is 10.1. The van der Waals surface area contributed by atoms with E-state index in [1.54, 1.807) is 0 Å². The van der Waals surface area contributed by atoms with Crippen molar-refractivity contribution in [2.75, 3.05) is 0 Å². The maximum atomic E-state index is 5.50. The van der Waals surface area contributed by atoms with Crippen molar-refractivity contribution in [3.8, 4) is 0 Å². The van der Waals surface area contributed by atoms with E-state index in [1.807, 2.05) is 19.1 Å². The first-order valence-corrected chi connectivity index (χ1v) is 9.49. The molecule has 0 aromatic carbocycles. The Kier molecular flexibility index (Phi) is 6.22. The lowest BCUT2D eigenvalue weighted by Crippen LogP contribution is -2.33. The van der Waals surface area contributed by atoms with Gasteiger partial charge in [-0.3, -0.25) is 9.83 Å². The Bertz CT molecular complexity index is 621. The number of rotatable bonds is 3. The molecule has 23 heavy (non-hydrogen) atoms. The fourth-order valence-electron chi connectivity index (χ4n) is 2.87. The van der Waals surface area contributed by atoms with Gasteiger partial charge in [-0.2, -0.15) is 0 Å². The molecule has 0 saturated carbocycles. The molecule has 0 heterocycles. The second-order valence-electron chi connectivity index (χ2n) is 6.90. The van der Waals surface area contributed by atoms with E-state index in [1.165, 1.54) is 5.57 Å². The van der Waals surface area contributed by atoms with Gasteiger partial charge in [0.2, 0.25) is 0 Å². The van der Waals surface area contributed by atoms with Crippen LogP contribution in [0.3, 0.4) is 0 Å². The highest BCUT2D eigenvalue weighted by Crippen LogP contribution is 2.35. The first kappa shape index (κ1) is 18.8. The number of nitrogens with two attached hydrogens (primary N) is 1. The van der Waals surface area contributed by atoms with Crippen molar-refractivity contribution in [1.82, 2.24) is 0 Å². The minimum absolute atomic E-state index is 0.0225. The lowest BCUT2D eigenvalue weighted by molar-refractivity contribution is 0.0880. The van der Waals surface area contributed by atoms with Crippen molar-refractivity contribution in [2.24, 2.45) is 16.3 Å². The van der Waals surface area contributed by atoms with Crippen molar-refractivity contribution >= 4 is 37.6 Å². The lowest BCUT2D eigenvalue weighted by Gasteiger charge is -2.27. The van der Waals surface area contributed by atoms with E-state index >= 15 is 0 Å². The predicted molar refractivity (Wildman–Crippen MR) is 105 cm³/mol. The molecule has 0 saturated heterocycles. The topological polar surface area (TPSA) is 47.6 Å². The average Bonchev–Trinajstić information content (AvgIpc) is 2.46. The number of hydrogen-bond donors (Lipinski definition) is 1. The van der Waals surface area contributed by atoms with Crippen molar-refractivity contribution in [1.29, 1.82) is 0 Å². The van der Waals surface area contributed by atoms with E-state index < -0.39 is 0 Å². The van der Waals surface area contributed by atoms with Crippen LogP contribution < -0.4 is 5.90 Å². The molecule has 2 unspecified atom stereocenters. The largest absolute Gasteiger partial charge is 0.295 e. The van der Waals surface area contributed by atoms with Gasteiger partial charge in [0.05, 0.1) is 4.83 Å². The second-order valence-corrected chi connectivity index (χ2v) is 8.87. The Morgan fingerprint density at radius 2 is 2.09 bits per heavy atom. The van der Waals surface area contributed by atoms with Gasteiger partial charge in [0.15, 0.2) is 0 Å². The smallest absolute Gasteiger partial charge is 0.121 e. The Labute approximate surface area is 155 Å². The molecule has 0 spiro atoms. The van der Waals surface area contributed by atoms with Crippen LogP contribution in [0.4, 0.5) is 0 Å². The number of hydrogen-bond acceptors (Lipinski definition) is 3.